The summed E-state index contributed by atoms with van der Waals surface area (Å²) < 4.78 is 2.04. The van der Waals surface area contributed by atoms with Gasteiger partial charge in [-0.2, -0.15) is 14.9 Å². The highest BCUT2D eigenvalue weighted by molar-refractivity contribution is 7.71. The van der Waals surface area contributed by atoms with E-state index in [1.54, 1.807) is 23.3 Å². The Hall–Kier alpha value is -3.12. The number of pyridine rings is 1. The van der Waals surface area contributed by atoms with Crippen LogP contribution in [0.1, 0.15) is 5.56 Å². The van der Waals surface area contributed by atoms with Crippen LogP contribution in [0.5, 0.6) is 0 Å². The molecule has 24 heavy (non-hydrogen) atoms. The van der Waals surface area contributed by atoms with E-state index in [4.69, 9.17) is 12.2 Å². The highest BCUT2D eigenvalue weighted by atomic mass is 32.1. The zero-order valence-electron chi connectivity index (χ0n) is 12.6. The molecule has 2 aromatic carbocycles. The Morgan fingerprint density at radius 2 is 1.92 bits per heavy atom. The van der Waals surface area contributed by atoms with Crippen LogP contribution in [-0.4, -0.2) is 26.1 Å². The molecular weight excluding hydrogens is 318 g/mol. The predicted molar refractivity (Wildman–Crippen MR) is 97.6 cm³/mol. The van der Waals surface area contributed by atoms with E-state index in [1.165, 1.54) is 5.39 Å². The first kappa shape index (κ1) is 14.5. The number of fused-ring (bicyclic) bond motifs is 1. The van der Waals surface area contributed by atoms with Crippen molar-refractivity contribution in [3.05, 3.63) is 77.3 Å². The van der Waals surface area contributed by atoms with Gasteiger partial charge in [0.05, 0.1) is 6.21 Å². The fraction of sp³-hybridized carbons (Fsp3) is 0. The minimum Gasteiger partial charge on any atom is -0.264 e. The lowest BCUT2D eigenvalue weighted by molar-refractivity contribution is 0.871. The molecule has 6 heteroatoms. The van der Waals surface area contributed by atoms with Crippen LogP contribution in [0.4, 0.5) is 0 Å². The maximum absolute atomic E-state index is 5.29. The number of aromatic amines is 1. The molecule has 0 spiro atoms. The second kappa shape index (κ2) is 6.17. The van der Waals surface area contributed by atoms with Crippen LogP contribution < -0.4 is 0 Å². The second-order valence-corrected chi connectivity index (χ2v) is 5.61. The minimum absolute atomic E-state index is 0.435. The SMILES string of the molecule is S=c1[nH]nc(-c2cccnc2)n1N=Cc1cccc2ccccc12. The summed E-state index contributed by atoms with van der Waals surface area (Å²) in [6, 6.07) is 18.1. The molecule has 0 aliphatic rings. The average Bonchev–Trinajstić information content (AvgIpc) is 3.01. The fourth-order valence-electron chi connectivity index (χ4n) is 2.56. The van der Waals surface area contributed by atoms with Crippen molar-refractivity contribution >= 4 is 29.2 Å². The van der Waals surface area contributed by atoms with Gasteiger partial charge in [-0.15, -0.1) is 0 Å². The van der Waals surface area contributed by atoms with E-state index in [0.717, 1.165) is 16.5 Å². The van der Waals surface area contributed by atoms with Gasteiger partial charge in [0.15, 0.2) is 5.82 Å². The molecule has 4 rings (SSSR count). The van der Waals surface area contributed by atoms with Crippen molar-refractivity contribution in [2.75, 3.05) is 0 Å². The molecule has 0 saturated heterocycles. The van der Waals surface area contributed by atoms with E-state index in [1.807, 2.05) is 36.4 Å². The van der Waals surface area contributed by atoms with Gasteiger partial charge in [0.25, 0.3) is 0 Å². The molecule has 0 atom stereocenters. The number of benzene rings is 2. The summed E-state index contributed by atoms with van der Waals surface area (Å²) in [5, 5.41) is 13.9. The number of hydrogen-bond acceptors (Lipinski definition) is 4. The summed E-state index contributed by atoms with van der Waals surface area (Å²) >= 11 is 5.29. The van der Waals surface area contributed by atoms with Crippen molar-refractivity contribution in [1.82, 2.24) is 19.9 Å². The summed E-state index contributed by atoms with van der Waals surface area (Å²) in [6.45, 7) is 0. The van der Waals surface area contributed by atoms with Gasteiger partial charge in [-0.1, -0.05) is 42.5 Å². The van der Waals surface area contributed by atoms with Gasteiger partial charge < -0.3 is 0 Å². The number of rotatable bonds is 3. The number of H-pyrrole nitrogens is 1. The summed E-state index contributed by atoms with van der Waals surface area (Å²) in [5.74, 6) is 0.629. The molecule has 0 unspecified atom stereocenters. The minimum atomic E-state index is 0.435. The van der Waals surface area contributed by atoms with Crippen molar-refractivity contribution < 1.29 is 0 Å². The largest absolute Gasteiger partial charge is 0.264 e. The van der Waals surface area contributed by atoms with Gasteiger partial charge in [-0.05, 0) is 35.1 Å². The highest BCUT2D eigenvalue weighted by Gasteiger charge is 2.07. The van der Waals surface area contributed by atoms with Crippen molar-refractivity contribution in [3.63, 3.8) is 0 Å². The number of nitrogens with one attached hydrogen (secondary N) is 1. The molecule has 0 saturated carbocycles. The molecule has 0 aliphatic heterocycles. The molecule has 0 bridgehead atoms. The zero-order valence-corrected chi connectivity index (χ0v) is 13.4. The molecule has 2 heterocycles. The third kappa shape index (κ3) is 2.63. The van der Waals surface area contributed by atoms with E-state index >= 15 is 0 Å². The maximum Gasteiger partial charge on any atom is 0.216 e. The Bertz CT molecular complexity index is 1070. The third-order valence-corrected chi connectivity index (χ3v) is 3.97. The summed E-state index contributed by atoms with van der Waals surface area (Å²) in [5.41, 5.74) is 1.87. The molecule has 0 radical (unpaired) electrons. The van der Waals surface area contributed by atoms with Gasteiger partial charge in [0.1, 0.15) is 0 Å². The molecule has 1 N–H and O–H groups in total. The lowest BCUT2D eigenvalue weighted by atomic mass is 10.1. The van der Waals surface area contributed by atoms with E-state index in [9.17, 15) is 0 Å². The third-order valence-electron chi connectivity index (χ3n) is 3.71. The van der Waals surface area contributed by atoms with Crippen LogP contribution >= 0.6 is 12.2 Å². The Kier molecular flexibility index (Phi) is 3.72. The second-order valence-electron chi connectivity index (χ2n) is 5.22. The van der Waals surface area contributed by atoms with Gasteiger partial charge in [0.2, 0.25) is 4.77 Å². The van der Waals surface area contributed by atoms with E-state index < -0.39 is 0 Å². The topological polar surface area (TPSA) is 58.9 Å². The smallest absolute Gasteiger partial charge is 0.216 e. The van der Waals surface area contributed by atoms with E-state index in [-0.39, 0.29) is 0 Å². The fourth-order valence-corrected chi connectivity index (χ4v) is 2.74. The molecule has 4 aromatic rings. The molecule has 0 aliphatic carbocycles. The van der Waals surface area contributed by atoms with E-state index in [0.29, 0.717) is 10.6 Å². The molecule has 5 nitrogen and oxygen atoms in total. The van der Waals surface area contributed by atoms with Crippen LogP contribution in [-0.2, 0) is 0 Å². The molecule has 116 valence electrons. The first-order chi connectivity index (χ1) is 11.8. The number of hydrogen-bond donors (Lipinski definition) is 1. The predicted octanol–water partition coefficient (Wildman–Crippen LogP) is 4.04. The average molecular weight is 331 g/mol. The molecular formula is C18H13N5S. The van der Waals surface area contributed by atoms with Crippen molar-refractivity contribution in [2.24, 2.45) is 5.10 Å². The molecule has 2 aromatic heterocycles. The van der Waals surface area contributed by atoms with Gasteiger partial charge in [-0.3, -0.25) is 4.98 Å². The Morgan fingerprint density at radius 1 is 1.04 bits per heavy atom. The first-order valence-corrected chi connectivity index (χ1v) is 7.84. The Labute approximate surface area is 143 Å². The van der Waals surface area contributed by atoms with Crippen molar-refractivity contribution in [1.29, 1.82) is 0 Å². The van der Waals surface area contributed by atoms with E-state index in [2.05, 4.69) is 38.5 Å². The van der Waals surface area contributed by atoms with Crippen molar-refractivity contribution in [2.45, 2.75) is 0 Å². The summed E-state index contributed by atoms with van der Waals surface area (Å²) in [4.78, 5) is 4.12. The quantitative estimate of drug-likeness (QED) is 0.455. The van der Waals surface area contributed by atoms with Gasteiger partial charge >= 0.3 is 0 Å². The van der Waals surface area contributed by atoms with Crippen LogP contribution in [0.2, 0.25) is 0 Å². The standard InChI is InChI=1S/C18H13N5S/c24-18-22-21-17(15-8-4-10-19-11-15)23(18)20-12-14-7-3-6-13-5-1-2-9-16(13)14/h1-12H,(H,22,24). The molecule has 0 fully saturated rings. The first-order valence-electron chi connectivity index (χ1n) is 7.43. The van der Waals surface area contributed by atoms with Gasteiger partial charge in [-0.25, -0.2) is 5.10 Å². The maximum atomic E-state index is 5.29. The Morgan fingerprint density at radius 3 is 2.79 bits per heavy atom. The Balaban J connectivity index is 1.80. The lowest BCUT2D eigenvalue weighted by Crippen LogP contribution is -1.95. The molecule has 0 amide bonds. The monoisotopic (exact) mass is 331 g/mol. The van der Waals surface area contributed by atoms with Crippen molar-refractivity contribution in [3.8, 4) is 11.4 Å². The lowest BCUT2D eigenvalue weighted by Gasteiger charge is -2.02. The van der Waals surface area contributed by atoms with Crippen LogP contribution in [0.15, 0.2) is 72.1 Å². The van der Waals surface area contributed by atoms with Crippen LogP contribution in [0, 0.1) is 4.77 Å². The van der Waals surface area contributed by atoms with Crippen LogP contribution in [0.25, 0.3) is 22.2 Å². The highest BCUT2D eigenvalue weighted by Crippen LogP contribution is 2.18. The summed E-state index contributed by atoms with van der Waals surface area (Å²) in [7, 11) is 0. The number of aromatic nitrogens is 4. The zero-order chi connectivity index (χ0) is 16.4. The van der Waals surface area contributed by atoms with Crippen LogP contribution in [0.3, 0.4) is 0 Å². The number of nitrogens with zero attached hydrogens (tertiary/aromatic N) is 4. The normalized spacial score (nSPS) is 11.3. The summed E-state index contributed by atoms with van der Waals surface area (Å²) in [6.07, 6.45) is 5.25. The van der Waals surface area contributed by atoms with Gasteiger partial charge in [0, 0.05) is 23.5 Å².